The van der Waals surface area contributed by atoms with E-state index >= 15 is 0 Å². The zero-order valence-corrected chi connectivity index (χ0v) is 10.9. The van der Waals surface area contributed by atoms with E-state index in [0.29, 0.717) is 0 Å². The Hall–Kier alpha value is -1.62. The fourth-order valence-electron chi connectivity index (χ4n) is 1.87. The molecule has 102 valence electrons. The maximum Gasteiger partial charge on any atom is 0.305 e. The van der Waals surface area contributed by atoms with Crippen molar-refractivity contribution in [2.75, 3.05) is 6.54 Å². The predicted molar refractivity (Wildman–Crippen MR) is 67.7 cm³/mol. The SMILES string of the molecule is O=C(O)CCN(C(=O)c1ccc(F)cc1Cl)C1CC1. The Kier molecular flexibility index (Phi) is 4.04. The molecule has 0 saturated heterocycles. The van der Waals surface area contributed by atoms with E-state index < -0.39 is 11.8 Å². The second kappa shape index (κ2) is 5.57. The number of aliphatic carboxylic acids is 1. The molecule has 2 rings (SSSR count). The van der Waals surface area contributed by atoms with Gasteiger partial charge in [0.1, 0.15) is 5.82 Å². The maximum atomic E-state index is 12.9. The van der Waals surface area contributed by atoms with Crippen molar-refractivity contribution in [2.24, 2.45) is 0 Å². The molecule has 1 aromatic rings. The van der Waals surface area contributed by atoms with Crippen LogP contribution in [-0.2, 0) is 4.79 Å². The van der Waals surface area contributed by atoms with Gasteiger partial charge in [-0.05, 0) is 31.0 Å². The molecule has 0 radical (unpaired) electrons. The summed E-state index contributed by atoms with van der Waals surface area (Å²) in [5, 5.41) is 8.74. The number of benzene rings is 1. The van der Waals surface area contributed by atoms with Gasteiger partial charge in [-0.1, -0.05) is 11.6 Å². The van der Waals surface area contributed by atoms with Crippen LogP contribution in [-0.4, -0.2) is 34.5 Å². The molecule has 1 saturated carbocycles. The molecule has 19 heavy (non-hydrogen) atoms. The lowest BCUT2D eigenvalue weighted by Crippen LogP contribution is -2.35. The fraction of sp³-hybridized carbons (Fsp3) is 0.385. The Morgan fingerprint density at radius 3 is 2.63 bits per heavy atom. The first kappa shape index (κ1) is 13.8. The number of halogens is 2. The summed E-state index contributed by atoms with van der Waals surface area (Å²) in [5.74, 6) is -1.80. The lowest BCUT2D eigenvalue weighted by Gasteiger charge is -2.22. The Bertz CT molecular complexity index is 517. The number of carbonyl (C=O) groups excluding carboxylic acids is 1. The van der Waals surface area contributed by atoms with E-state index in [1.54, 1.807) is 0 Å². The van der Waals surface area contributed by atoms with Crippen LogP contribution >= 0.6 is 11.6 Å². The number of nitrogens with zero attached hydrogens (tertiary/aromatic N) is 1. The molecular formula is C13H13ClFNO3. The van der Waals surface area contributed by atoms with Crippen molar-refractivity contribution in [2.45, 2.75) is 25.3 Å². The smallest absolute Gasteiger partial charge is 0.305 e. The Morgan fingerprint density at radius 2 is 2.11 bits per heavy atom. The van der Waals surface area contributed by atoms with Crippen LogP contribution in [0, 0.1) is 5.82 Å². The zero-order chi connectivity index (χ0) is 14.0. The Balaban J connectivity index is 2.16. The van der Waals surface area contributed by atoms with Crippen molar-refractivity contribution < 1.29 is 19.1 Å². The van der Waals surface area contributed by atoms with Crippen molar-refractivity contribution in [1.82, 2.24) is 4.90 Å². The molecule has 4 nitrogen and oxygen atoms in total. The van der Waals surface area contributed by atoms with Gasteiger partial charge in [-0.15, -0.1) is 0 Å². The van der Waals surface area contributed by atoms with E-state index in [4.69, 9.17) is 16.7 Å². The summed E-state index contributed by atoms with van der Waals surface area (Å²) in [6.45, 7) is 0.145. The summed E-state index contributed by atoms with van der Waals surface area (Å²) in [4.78, 5) is 24.4. The van der Waals surface area contributed by atoms with E-state index in [0.717, 1.165) is 18.9 Å². The molecule has 1 N–H and O–H groups in total. The van der Waals surface area contributed by atoms with Crippen LogP contribution in [0.1, 0.15) is 29.6 Å². The number of rotatable bonds is 5. The second-order valence-electron chi connectivity index (χ2n) is 4.50. The zero-order valence-electron chi connectivity index (χ0n) is 10.1. The van der Waals surface area contributed by atoms with Crippen LogP contribution in [0.5, 0.6) is 0 Å². The van der Waals surface area contributed by atoms with Crippen molar-refractivity contribution in [1.29, 1.82) is 0 Å². The number of carboxylic acids is 1. The molecule has 1 aromatic carbocycles. The second-order valence-corrected chi connectivity index (χ2v) is 4.90. The number of carboxylic acid groups (broad SMARTS) is 1. The molecular weight excluding hydrogens is 273 g/mol. The molecule has 0 heterocycles. The molecule has 0 aromatic heterocycles. The highest BCUT2D eigenvalue weighted by Gasteiger charge is 2.33. The van der Waals surface area contributed by atoms with Crippen LogP contribution in [0.2, 0.25) is 5.02 Å². The summed E-state index contributed by atoms with van der Waals surface area (Å²) in [7, 11) is 0. The number of carbonyl (C=O) groups is 2. The van der Waals surface area contributed by atoms with Gasteiger partial charge in [-0.2, -0.15) is 0 Å². The number of hydrogen-bond acceptors (Lipinski definition) is 2. The van der Waals surface area contributed by atoms with Gasteiger partial charge in [-0.25, -0.2) is 4.39 Å². The highest BCUT2D eigenvalue weighted by Crippen LogP contribution is 2.30. The topological polar surface area (TPSA) is 57.6 Å². The minimum atomic E-state index is -0.955. The molecule has 6 heteroatoms. The third-order valence-electron chi connectivity index (χ3n) is 2.98. The molecule has 0 bridgehead atoms. The first-order valence-corrected chi connectivity index (χ1v) is 6.34. The van der Waals surface area contributed by atoms with E-state index in [1.807, 2.05) is 0 Å². The molecule has 0 spiro atoms. The molecule has 1 amide bonds. The normalized spacial score (nSPS) is 14.2. The molecule has 0 unspecified atom stereocenters. The minimum Gasteiger partial charge on any atom is -0.481 e. The Labute approximate surface area is 114 Å². The van der Waals surface area contributed by atoms with Crippen molar-refractivity contribution >= 4 is 23.5 Å². The third-order valence-corrected chi connectivity index (χ3v) is 3.29. The first-order chi connectivity index (χ1) is 8.99. The van der Waals surface area contributed by atoms with Gasteiger partial charge in [0.25, 0.3) is 5.91 Å². The van der Waals surface area contributed by atoms with E-state index in [1.165, 1.54) is 17.0 Å². The number of amides is 1. The third kappa shape index (κ3) is 3.44. The van der Waals surface area contributed by atoms with Crippen LogP contribution in [0.25, 0.3) is 0 Å². The Morgan fingerprint density at radius 1 is 1.42 bits per heavy atom. The summed E-state index contributed by atoms with van der Waals surface area (Å²) in [6, 6.07) is 3.65. The summed E-state index contributed by atoms with van der Waals surface area (Å²) in [5.41, 5.74) is 0.209. The largest absolute Gasteiger partial charge is 0.481 e. The molecule has 0 atom stereocenters. The van der Waals surface area contributed by atoms with E-state index in [9.17, 15) is 14.0 Å². The standard InChI is InChI=1S/C13H13ClFNO3/c14-11-7-8(15)1-4-10(11)13(19)16(9-2-3-9)6-5-12(17)18/h1,4,7,9H,2-3,5-6H2,(H,17,18). The summed E-state index contributed by atoms with van der Waals surface area (Å²) in [6.07, 6.45) is 1.62. The molecule has 1 aliphatic carbocycles. The van der Waals surface area contributed by atoms with Gasteiger partial charge in [0.15, 0.2) is 0 Å². The number of hydrogen-bond donors (Lipinski definition) is 1. The van der Waals surface area contributed by atoms with E-state index in [-0.39, 0.29) is 35.5 Å². The highest BCUT2D eigenvalue weighted by molar-refractivity contribution is 6.33. The molecule has 0 aliphatic heterocycles. The van der Waals surface area contributed by atoms with Gasteiger partial charge in [-0.3, -0.25) is 9.59 Å². The predicted octanol–water partition coefficient (Wildman–Crippen LogP) is 2.56. The van der Waals surface area contributed by atoms with Crippen molar-refractivity contribution in [3.63, 3.8) is 0 Å². The lowest BCUT2D eigenvalue weighted by atomic mass is 10.2. The monoisotopic (exact) mass is 285 g/mol. The van der Waals surface area contributed by atoms with Gasteiger partial charge in [0.05, 0.1) is 17.0 Å². The van der Waals surface area contributed by atoms with Crippen LogP contribution in [0.4, 0.5) is 4.39 Å². The molecule has 1 aliphatic rings. The van der Waals surface area contributed by atoms with Crippen LogP contribution < -0.4 is 0 Å². The average Bonchev–Trinajstić information content (AvgIpc) is 3.13. The van der Waals surface area contributed by atoms with Crippen LogP contribution in [0.3, 0.4) is 0 Å². The van der Waals surface area contributed by atoms with Crippen molar-refractivity contribution in [3.8, 4) is 0 Å². The van der Waals surface area contributed by atoms with Gasteiger partial charge in [0, 0.05) is 12.6 Å². The maximum absolute atomic E-state index is 12.9. The lowest BCUT2D eigenvalue weighted by molar-refractivity contribution is -0.137. The first-order valence-electron chi connectivity index (χ1n) is 5.97. The van der Waals surface area contributed by atoms with Gasteiger partial charge >= 0.3 is 5.97 Å². The molecule has 1 fully saturated rings. The van der Waals surface area contributed by atoms with Gasteiger partial charge in [0.2, 0.25) is 0 Å². The summed E-state index contributed by atoms with van der Waals surface area (Å²) >= 11 is 5.85. The summed E-state index contributed by atoms with van der Waals surface area (Å²) < 4.78 is 12.9. The minimum absolute atomic E-state index is 0.0472. The fourth-order valence-corrected chi connectivity index (χ4v) is 2.12. The highest BCUT2D eigenvalue weighted by atomic mass is 35.5. The quantitative estimate of drug-likeness (QED) is 0.904. The van der Waals surface area contributed by atoms with Crippen molar-refractivity contribution in [3.05, 3.63) is 34.6 Å². The van der Waals surface area contributed by atoms with E-state index in [2.05, 4.69) is 0 Å². The average molecular weight is 286 g/mol. The van der Waals surface area contributed by atoms with Crippen LogP contribution in [0.15, 0.2) is 18.2 Å². The van der Waals surface area contributed by atoms with Gasteiger partial charge < -0.3 is 10.0 Å².